The van der Waals surface area contributed by atoms with Crippen molar-refractivity contribution in [3.63, 3.8) is 0 Å². The van der Waals surface area contributed by atoms with Gasteiger partial charge in [-0.25, -0.2) is 0 Å². The number of rotatable bonds is 4. The quantitative estimate of drug-likeness (QED) is 0.866. The minimum absolute atomic E-state index is 0.0973. The molecule has 0 saturated heterocycles. The summed E-state index contributed by atoms with van der Waals surface area (Å²) in [6, 6.07) is 11.5. The van der Waals surface area contributed by atoms with Crippen molar-refractivity contribution in [1.82, 2.24) is 4.90 Å². The maximum atomic E-state index is 12.5. The molecule has 20 heavy (non-hydrogen) atoms. The van der Waals surface area contributed by atoms with Gasteiger partial charge < -0.3 is 10.0 Å². The van der Waals surface area contributed by atoms with E-state index in [0.29, 0.717) is 17.5 Å². The van der Waals surface area contributed by atoms with Gasteiger partial charge in [0.2, 0.25) is 0 Å². The lowest BCUT2D eigenvalue weighted by atomic mass is 9.93. The van der Waals surface area contributed by atoms with Gasteiger partial charge >= 0.3 is 0 Å². The molecule has 0 radical (unpaired) electrons. The second-order valence-electron chi connectivity index (χ2n) is 4.99. The number of hydrogen-bond acceptors (Lipinski definition) is 2. The maximum Gasteiger partial charge on any atom is 0.254 e. The van der Waals surface area contributed by atoms with Crippen LogP contribution >= 0.6 is 0 Å². The standard InChI is InChI=1S/C17H19NO2/c1-4-7-15(19)14-11-10-12-8-5-6-9-13(12)16(14)17(20)18(2)3/h4-6,8-11,15,19H,1,7H2,2-3H3. The second-order valence-corrected chi connectivity index (χ2v) is 4.99. The van der Waals surface area contributed by atoms with E-state index in [4.69, 9.17) is 0 Å². The summed E-state index contributed by atoms with van der Waals surface area (Å²) < 4.78 is 0. The summed E-state index contributed by atoms with van der Waals surface area (Å²) in [5, 5.41) is 12.1. The van der Waals surface area contributed by atoms with Crippen LogP contribution in [0.2, 0.25) is 0 Å². The fourth-order valence-corrected chi connectivity index (χ4v) is 2.31. The minimum atomic E-state index is -0.712. The highest BCUT2D eigenvalue weighted by molar-refractivity contribution is 6.08. The van der Waals surface area contributed by atoms with Gasteiger partial charge in [0.25, 0.3) is 5.91 Å². The van der Waals surface area contributed by atoms with Crippen LogP contribution in [0.4, 0.5) is 0 Å². The highest BCUT2D eigenvalue weighted by Crippen LogP contribution is 2.29. The van der Waals surface area contributed by atoms with Gasteiger partial charge in [0.15, 0.2) is 0 Å². The molecule has 2 aromatic carbocycles. The minimum Gasteiger partial charge on any atom is -0.388 e. The van der Waals surface area contributed by atoms with Crippen molar-refractivity contribution in [1.29, 1.82) is 0 Å². The predicted molar refractivity (Wildman–Crippen MR) is 81.7 cm³/mol. The van der Waals surface area contributed by atoms with Gasteiger partial charge in [0.1, 0.15) is 0 Å². The summed E-state index contributed by atoms with van der Waals surface area (Å²) in [6.07, 6.45) is 1.37. The van der Waals surface area contributed by atoms with Crippen molar-refractivity contribution in [2.75, 3.05) is 14.1 Å². The van der Waals surface area contributed by atoms with Crippen LogP contribution in [-0.2, 0) is 0 Å². The molecule has 2 rings (SSSR count). The highest BCUT2D eigenvalue weighted by Gasteiger charge is 2.20. The van der Waals surface area contributed by atoms with E-state index >= 15 is 0 Å². The molecule has 0 aliphatic carbocycles. The van der Waals surface area contributed by atoms with E-state index in [1.54, 1.807) is 20.2 Å². The topological polar surface area (TPSA) is 40.5 Å². The van der Waals surface area contributed by atoms with Gasteiger partial charge in [-0.15, -0.1) is 6.58 Å². The van der Waals surface area contributed by atoms with Gasteiger partial charge in [0.05, 0.1) is 11.7 Å². The Bertz CT molecular complexity index is 646. The van der Waals surface area contributed by atoms with Crippen LogP contribution < -0.4 is 0 Å². The lowest BCUT2D eigenvalue weighted by Gasteiger charge is -2.19. The van der Waals surface area contributed by atoms with Crippen LogP contribution in [0, 0.1) is 0 Å². The summed E-state index contributed by atoms with van der Waals surface area (Å²) in [5.74, 6) is -0.0973. The predicted octanol–water partition coefficient (Wildman–Crippen LogP) is 3.15. The Morgan fingerprint density at radius 1 is 1.30 bits per heavy atom. The number of aliphatic hydroxyl groups excluding tert-OH is 1. The summed E-state index contributed by atoms with van der Waals surface area (Å²) in [5.41, 5.74) is 1.23. The molecule has 0 saturated carbocycles. The van der Waals surface area contributed by atoms with E-state index < -0.39 is 6.10 Å². The monoisotopic (exact) mass is 269 g/mol. The van der Waals surface area contributed by atoms with E-state index in [1.165, 1.54) is 4.90 Å². The highest BCUT2D eigenvalue weighted by atomic mass is 16.3. The van der Waals surface area contributed by atoms with Crippen molar-refractivity contribution < 1.29 is 9.90 Å². The Morgan fingerprint density at radius 3 is 2.65 bits per heavy atom. The third-order valence-corrected chi connectivity index (χ3v) is 3.33. The molecule has 1 atom stereocenters. The molecule has 3 nitrogen and oxygen atoms in total. The van der Waals surface area contributed by atoms with Gasteiger partial charge in [-0.05, 0) is 22.8 Å². The molecule has 104 valence electrons. The molecule has 2 aromatic rings. The lowest BCUT2D eigenvalue weighted by Crippen LogP contribution is -2.24. The summed E-state index contributed by atoms with van der Waals surface area (Å²) in [7, 11) is 3.43. The molecule has 1 N–H and O–H groups in total. The molecule has 0 fully saturated rings. The van der Waals surface area contributed by atoms with E-state index in [-0.39, 0.29) is 5.91 Å². The van der Waals surface area contributed by atoms with E-state index in [2.05, 4.69) is 6.58 Å². The van der Waals surface area contributed by atoms with Crippen molar-refractivity contribution in [2.45, 2.75) is 12.5 Å². The van der Waals surface area contributed by atoms with Crippen molar-refractivity contribution in [3.8, 4) is 0 Å². The molecule has 0 bridgehead atoms. The number of hydrogen-bond donors (Lipinski definition) is 1. The molecule has 0 aliphatic rings. The number of amides is 1. The zero-order valence-electron chi connectivity index (χ0n) is 11.8. The first-order valence-corrected chi connectivity index (χ1v) is 6.58. The maximum absolute atomic E-state index is 12.5. The number of fused-ring (bicyclic) bond motifs is 1. The number of carbonyl (C=O) groups is 1. The molecular weight excluding hydrogens is 250 g/mol. The average molecular weight is 269 g/mol. The van der Waals surface area contributed by atoms with Crippen LogP contribution in [0.25, 0.3) is 10.8 Å². The summed E-state index contributed by atoms with van der Waals surface area (Å²) >= 11 is 0. The number of aliphatic hydroxyl groups is 1. The molecule has 0 heterocycles. The number of carbonyl (C=O) groups excluding carboxylic acids is 1. The first-order valence-electron chi connectivity index (χ1n) is 6.58. The number of benzene rings is 2. The Labute approximate surface area is 119 Å². The molecule has 3 heteroatoms. The number of nitrogens with zero attached hydrogens (tertiary/aromatic N) is 1. The average Bonchev–Trinajstić information content (AvgIpc) is 2.45. The Kier molecular flexibility index (Phi) is 4.20. The first-order chi connectivity index (χ1) is 9.56. The lowest BCUT2D eigenvalue weighted by molar-refractivity contribution is 0.0822. The largest absolute Gasteiger partial charge is 0.388 e. The fraction of sp³-hybridized carbons (Fsp3) is 0.235. The molecule has 0 aliphatic heterocycles. The summed E-state index contributed by atoms with van der Waals surface area (Å²) in [6.45, 7) is 3.64. The molecule has 0 spiro atoms. The van der Waals surface area contributed by atoms with E-state index in [0.717, 1.165) is 10.8 Å². The van der Waals surface area contributed by atoms with Crippen LogP contribution in [-0.4, -0.2) is 30.0 Å². The molecule has 0 aromatic heterocycles. The van der Waals surface area contributed by atoms with Gasteiger partial charge in [-0.3, -0.25) is 4.79 Å². The Hall–Kier alpha value is -2.13. The van der Waals surface area contributed by atoms with Crippen molar-refractivity contribution in [2.24, 2.45) is 0 Å². The van der Waals surface area contributed by atoms with Gasteiger partial charge in [0, 0.05) is 14.1 Å². The Balaban J connectivity index is 2.71. The fourth-order valence-electron chi connectivity index (χ4n) is 2.31. The first kappa shape index (κ1) is 14.3. The zero-order valence-corrected chi connectivity index (χ0v) is 11.8. The zero-order chi connectivity index (χ0) is 14.7. The third-order valence-electron chi connectivity index (χ3n) is 3.33. The van der Waals surface area contributed by atoms with Crippen molar-refractivity contribution in [3.05, 3.63) is 60.2 Å². The van der Waals surface area contributed by atoms with E-state index in [9.17, 15) is 9.90 Å². The molecular formula is C17H19NO2. The van der Waals surface area contributed by atoms with Crippen LogP contribution in [0.15, 0.2) is 49.1 Å². The van der Waals surface area contributed by atoms with Crippen LogP contribution in [0.1, 0.15) is 28.4 Å². The second kappa shape index (κ2) is 5.88. The molecule has 1 amide bonds. The van der Waals surface area contributed by atoms with Crippen molar-refractivity contribution >= 4 is 16.7 Å². The van der Waals surface area contributed by atoms with E-state index in [1.807, 2.05) is 36.4 Å². The van der Waals surface area contributed by atoms with Crippen LogP contribution in [0.5, 0.6) is 0 Å². The molecule has 1 unspecified atom stereocenters. The van der Waals surface area contributed by atoms with Crippen LogP contribution in [0.3, 0.4) is 0 Å². The SMILES string of the molecule is C=CCC(O)c1ccc2ccccc2c1C(=O)N(C)C. The smallest absolute Gasteiger partial charge is 0.254 e. The van der Waals surface area contributed by atoms with Gasteiger partial charge in [-0.2, -0.15) is 0 Å². The normalized spacial score (nSPS) is 12.2. The summed E-state index contributed by atoms with van der Waals surface area (Å²) in [4.78, 5) is 14.0. The Morgan fingerprint density at radius 2 is 2.00 bits per heavy atom. The third kappa shape index (κ3) is 2.58. The van der Waals surface area contributed by atoms with Gasteiger partial charge in [-0.1, -0.05) is 42.5 Å².